The van der Waals surface area contributed by atoms with Crippen LogP contribution in [0, 0.1) is 6.92 Å². The van der Waals surface area contributed by atoms with E-state index in [1.54, 1.807) is 6.92 Å². The first kappa shape index (κ1) is 10.4. The number of rotatable bonds is 3. The molecule has 0 atom stereocenters. The SMILES string of the molecule is Cc1ncc(C(=O)O)c(NC(C)C)n1. The van der Waals surface area contributed by atoms with Gasteiger partial charge in [0.25, 0.3) is 0 Å². The Balaban J connectivity index is 3.09. The van der Waals surface area contributed by atoms with Crippen molar-refractivity contribution in [2.45, 2.75) is 26.8 Å². The quantitative estimate of drug-likeness (QED) is 0.760. The Morgan fingerprint density at radius 3 is 2.71 bits per heavy atom. The van der Waals surface area contributed by atoms with Crippen molar-refractivity contribution < 1.29 is 9.90 Å². The molecule has 0 radical (unpaired) electrons. The second-order valence-corrected chi connectivity index (χ2v) is 3.28. The van der Waals surface area contributed by atoms with Crippen LogP contribution in [-0.4, -0.2) is 27.1 Å². The first-order valence-corrected chi connectivity index (χ1v) is 4.34. The lowest BCUT2D eigenvalue weighted by Crippen LogP contribution is -2.16. The van der Waals surface area contributed by atoms with Gasteiger partial charge in [0.15, 0.2) is 0 Å². The van der Waals surface area contributed by atoms with Crippen LogP contribution in [-0.2, 0) is 0 Å². The molecule has 76 valence electrons. The molecule has 0 aliphatic heterocycles. The Morgan fingerprint density at radius 1 is 1.57 bits per heavy atom. The first-order chi connectivity index (χ1) is 6.50. The zero-order valence-electron chi connectivity index (χ0n) is 8.40. The predicted octanol–water partition coefficient (Wildman–Crippen LogP) is 1.30. The lowest BCUT2D eigenvalue weighted by atomic mass is 10.3. The van der Waals surface area contributed by atoms with Crippen molar-refractivity contribution in [3.8, 4) is 0 Å². The average molecular weight is 195 g/mol. The van der Waals surface area contributed by atoms with Crippen LogP contribution in [0.25, 0.3) is 0 Å². The highest BCUT2D eigenvalue weighted by molar-refractivity contribution is 5.92. The summed E-state index contributed by atoms with van der Waals surface area (Å²) in [5, 5.41) is 11.8. The highest BCUT2D eigenvalue weighted by Crippen LogP contribution is 2.12. The Labute approximate surface area is 82.2 Å². The van der Waals surface area contributed by atoms with E-state index in [4.69, 9.17) is 5.11 Å². The van der Waals surface area contributed by atoms with Gasteiger partial charge in [0.05, 0.1) is 0 Å². The normalized spacial score (nSPS) is 10.3. The summed E-state index contributed by atoms with van der Waals surface area (Å²) >= 11 is 0. The molecule has 1 aromatic heterocycles. The largest absolute Gasteiger partial charge is 0.477 e. The number of nitrogens with one attached hydrogen (secondary N) is 1. The summed E-state index contributed by atoms with van der Waals surface area (Å²) in [7, 11) is 0. The molecular weight excluding hydrogens is 182 g/mol. The van der Waals surface area contributed by atoms with E-state index in [-0.39, 0.29) is 11.6 Å². The predicted molar refractivity (Wildman–Crippen MR) is 52.5 cm³/mol. The summed E-state index contributed by atoms with van der Waals surface area (Å²) in [5.74, 6) is -0.0914. The van der Waals surface area contributed by atoms with E-state index in [1.807, 2.05) is 13.8 Å². The smallest absolute Gasteiger partial charge is 0.341 e. The van der Waals surface area contributed by atoms with Gasteiger partial charge in [0.2, 0.25) is 0 Å². The molecule has 0 bridgehead atoms. The number of carboxylic acids is 1. The summed E-state index contributed by atoms with van der Waals surface area (Å²) in [6.45, 7) is 5.56. The third kappa shape index (κ3) is 2.42. The van der Waals surface area contributed by atoms with E-state index in [1.165, 1.54) is 6.20 Å². The summed E-state index contributed by atoms with van der Waals surface area (Å²) in [4.78, 5) is 18.7. The Morgan fingerprint density at radius 2 is 2.21 bits per heavy atom. The van der Waals surface area contributed by atoms with Crippen molar-refractivity contribution in [1.82, 2.24) is 9.97 Å². The van der Waals surface area contributed by atoms with Crippen molar-refractivity contribution >= 4 is 11.8 Å². The van der Waals surface area contributed by atoms with Gasteiger partial charge in [-0.3, -0.25) is 0 Å². The van der Waals surface area contributed by atoms with Gasteiger partial charge in [-0.1, -0.05) is 0 Å². The Kier molecular flexibility index (Phi) is 3.01. The molecule has 0 spiro atoms. The minimum absolute atomic E-state index is 0.101. The molecular formula is C9H13N3O2. The van der Waals surface area contributed by atoms with Crippen LogP contribution < -0.4 is 5.32 Å². The number of carbonyl (C=O) groups is 1. The van der Waals surface area contributed by atoms with Gasteiger partial charge in [0.1, 0.15) is 17.2 Å². The van der Waals surface area contributed by atoms with Gasteiger partial charge in [-0.25, -0.2) is 14.8 Å². The number of hydrogen-bond donors (Lipinski definition) is 2. The first-order valence-electron chi connectivity index (χ1n) is 4.34. The zero-order chi connectivity index (χ0) is 10.7. The van der Waals surface area contributed by atoms with E-state index < -0.39 is 5.97 Å². The molecule has 14 heavy (non-hydrogen) atoms. The molecule has 0 aliphatic rings. The fraction of sp³-hybridized carbons (Fsp3) is 0.444. The van der Waals surface area contributed by atoms with Crippen LogP contribution in [0.1, 0.15) is 30.0 Å². The molecule has 0 fully saturated rings. The lowest BCUT2D eigenvalue weighted by molar-refractivity contribution is 0.0697. The van der Waals surface area contributed by atoms with Crippen LogP contribution in [0.15, 0.2) is 6.20 Å². The summed E-state index contributed by atoms with van der Waals surface area (Å²) in [6.07, 6.45) is 1.31. The number of nitrogens with zero attached hydrogens (tertiary/aromatic N) is 2. The van der Waals surface area contributed by atoms with Crippen LogP contribution in [0.2, 0.25) is 0 Å². The topological polar surface area (TPSA) is 75.1 Å². The van der Waals surface area contributed by atoms with Gasteiger partial charge in [0, 0.05) is 12.2 Å². The monoisotopic (exact) mass is 195 g/mol. The molecule has 0 aromatic carbocycles. The third-order valence-corrected chi connectivity index (χ3v) is 1.57. The molecule has 0 saturated carbocycles. The molecule has 5 heteroatoms. The molecule has 0 unspecified atom stereocenters. The van der Waals surface area contributed by atoms with Crippen molar-refractivity contribution in [2.75, 3.05) is 5.32 Å². The number of aryl methyl sites for hydroxylation is 1. The van der Waals surface area contributed by atoms with Crippen molar-refractivity contribution in [3.05, 3.63) is 17.6 Å². The molecule has 0 aliphatic carbocycles. The molecule has 1 aromatic rings. The molecule has 0 saturated heterocycles. The lowest BCUT2D eigenvalue weighted by Gasteiger charge is -2.11. The molecule has 5 nitrogen and oxygen atoms in total. The van der Waals surface area contributed by atoms with Gasteiger partial charge in [-0.15, -0.1) is 0 Å². The summed E-state index contributed by atoms with van der Waals surface area (Å²) in [5.41, 5.74) is 0.101. The summed E-state index contributed by atoms with van der Waals surface area (Å²) < 4.78 is 0. The maximum Gasteiger partial charge on any atom is 0.341 e. The van der Waals surface area contributed by atoms with Crippen LogP contribution in [0.5, 0.6) is 0 Å². The van der Waals surface area contributed by atoms with E-state index in [0.29, 0.717) is 11.6 Å². The van der Waals surface area contributed by atoms with E-state index in [9.17, 15) is 4.79 Å². The van der Waals surface area contributed by atoms with Gasteiger partial charge >= 0.3 is 5.97 Å². The fourth-order valence-electron chi connectivity index (χ4n) is 1.01. The number of hydrogen-bond acceptors (Lipinski definition) is 4. The maximum atomic E-state index is 10.8. The van der Waals surface area contributed by atoms with Crippen molar-refractivity contribution in [2.24, 2.45) is 0 Å². The fourth-order valence-corrected chi connectivity index (χ4v) is 1.01. The number of anilines is 1. The minimum atomic E-state index is -1.02. The Bertz CT molecular complexity index is 350. The molecule has 0 amide bonds. The second-order valence-electron chi connectivity index (χ2n) is 3.28. The molecule has 1 rings (SSSR count). The third-order valence-electron chi connectivity index (χ3n) is 1.57. The van der Waals surface area contributed by atoms with Crippen LogP contribution in [0.4, 0.5) is 5.82 Å². The van der Waals surface area contributed by atoms with Crippen LogP contribution >= 0.6 is 0 Å². The minimum Gasteiger partial charge on any atom is -0.477 e. The van der Waals surface area contributed by atoms with E-state index in [0.717, 1.165) is 0 Å². The standard InChI is InChI=1S/C9H13N3O2/c1-5(2)11-8-7(9(13)14)4-10-6(3)12-8/h4-5H,1-3H3,(H,13,14)(H,10,11,12). The highest BCUT2D eigenvalue weighted by Gasteiger charge is 2.12. The van der Waals surface area contributed by atoms with Gasteiger partial charge in [-0.05, 0) is 20.8 Å². The van der Waals surface area contributed by atoms with Gasteiger partial charge in [-0.2, -0.15) is 0 Å². The van der Waals surface area contributed by atoms with Gasteiger partial charge < -0.3 is 10.4 Å². The highest BCUT2D eigenvalue weighted by atomic mass is 16.4. The summed E-state index contributed by atoms with van der Waals surface area (Å²) in [6, 6.07) is 0.141. The molecule has 1 heterocycles. The van der Waals surface area contributed by atoms with Crippen molar-refractivity contribution in [1.29, 1.82) is 0 Å². The zero-order valence-corrected chi connectivity index (χ0v) is 8.40. The van der Waals surface area contributed by atoms with E-state index in [2.05, 4.69) is 15.3 Å². The van der Waals surface area contributed by atoms with Crippen LogP contribution in [0.3, 0.4) is 0 Å². The second kappa shape index (κ2) is 4.04. The number of carboxylic acid groups (broad SMARTS) is 1. The number of aromatic nitrogens is 2. The maximum absolute atomic E-state index is 10.8. The number of aromatic carboxylic acids is 1. The average Bonchev–Trinajstić information content (AvgIpc) is 2.01. The molecule has 2 N–H and O–H groups in total. The van der Waals surface area contributed by atoms with E-state index >= 15 is 0 Å². The van der Waals surface area contributed by atoms with Crippen molar-refractivity contribution in [3.63, 3.8) is 0 Å². The Hall–Kier alpha value is -1.65.